The lowest BCUT2D eigenvalue weighted by molar-refractivity contribution is 0.166. The second-order valence-electron chi connectivity index (χ2n) is 3.25. The van der Waals surface area contributed by atoms with Crippen LogP contribution in [0, 0.1) is 0 Å². The third kappa shape index (κ3) is 3.07. The van der Waals surface area contributed by atoms with Crippen LogP contribution in [0.15, 0.2) is 0 Å². The largest absolute Gasteiger partial charge is 0.757 e. The van der Waals surface area contributed by atoms with Gasteiger partial charge in [0.2, 0.25) is 0 Å². The molecular formula is C6H14N3O3S2-. The van der Waals surface area contributed by atoms with Gasteiger partial charge in [-0.15, -0.1) is 0 Å². The number of hydrogen-bond donors (Lipinski definition) is 2. The Kier molecular flexibility index (Phi) is 3.78. The predicted octanol–water partition coefficient (Wildman–Crippen LogP) is -1.20. The molecule has 2 atom stereocenters. The van der Waals surface area contributed by atoms with E-state index in [1.165, 1.54) is 0 Å². The highest BCUT2D eigenvalue weighted by molar-refractivity contribution is 7.85. The number of nitrogens with zero attached hydrogens (tertiary/aromatic N) is 2. The van der Waals surface area contributed by atoms with Crippen molar-refractivity contribution in [2.75, 3.05) is 19.3 Å². The van der Waals surface area contributed by atoms with E-state index in [0.29, 0.717) is 0 Å². The van der Waals surface area contributed by atoms with E-state index in [0.717, 1.165) is 0 Å². The summed E-state index contributed by atoms with van der Waals surface area (Å²) in [6.07, 6.45) is 0.0271. The Morgan fingerprint density at radius 1 is 1.57 bits per heavy atom. The molecule has 6 nitrogen and oxygen atoms in total. The number of nitrogens with one attached hydrogen (secondary N) is 1. The molecule has 84 valence electrons. The number of hydrogen-bond acceptors (Lipinski definition) is 6. The summed E-state index contributed by atoms with van der Waals surface area (Å²) in [6.45, 7) is 2.13. The lowest BCUT2D eigenvalue weighted by atomic mass is 10.5. The Labute approximate surface area is 89.4 Å². The average Bonchev–Trinajstić information content (AvgIpc) is 2.23. The maximum Gasteiger partial charge on any atom is 0.266 e. The molecule has 8 heteroatoms. The summed E-state index contributed by atoms with van der Waals surface area (Å²) in [6, 6.07) is 0. The quantitative estimate of drug-likeness (QED) is 0.474. The van der Waals surface area contributed by atoms with Gasteiger partial charge in [0.15, 0.2) is 0 Å². The fourth-order valence-electron chi connectivity index (χ4n) is 1.30. The maximum atomic E-state index is 10.5. The van der Waals surface area contributed by atoms with Gasteiger partial charge in [-0.25, -0.2) is 5.01 Å². The predicted molar refractivity (Wildman–Crippen MR) is 54.6 cm³/mol. The monoisotopic (exact) mass is 240 g/mol. The highest BCUT2D eigenvalue weighted by Crippen LogP contribution is 2.12. The number of hydrazine groups is 1. The third-order valence-electron chi connectivity index (χ3n) is 2.26. The van der Waals surface area contributed by atoms with Crippen LogP contribution in [0.4, 0.5) is 0 Å². The Balaban J connectivity index is 2.52. The SMILES string of the molecule is CC1N(C)NC([S-])N1CCS(=O)(=O)O. The Hall–Kier alpha value is 0.140. The van der Waals surface area contributed by atoms with Gasteiger partial charge in [0.25, 0.3) is 10.1 Å². The van der Waals surface area contributed by atoms with Gasteiger partial charge in [0.1, 0.15) is 0 Å². The first-order valence-electron chi connectivity index (χ1n) is 4.17. The summed E-state index contributed by atoms with van der Waals surface area (Å²) in [5.41, 5.74) is 2.63. The molecule has 1 saturated heterocycles. The molecule has 2 unspecified atom stereocenters. The van der Waals surface area contributed by atoms with Crippen molar-refractivity contribution in [3.63, 3.8) is 0 Å². The van der Waals surface area contributed by atoms with Crippen molar-refractivity contribution >= 4 is 22.7 Å². The van der Waals surface area contributed by atoms with Crippen LogP contribution in [-0.2, 0) is 22.7 Å². The molecule has 1 fully saturated rings. The van der Waals surface area contributed by atoms with Crippen molar-refractivity contribution in [1.82, 2.24) is 15.3 Å². The molecule has 0 aromatic heterocycles. The van der Waals surface area contributed by atoms with Crippen LogP contribution in [0.5, 0.6) is 0 Å². The molecule has 0 spiro atoms. The second kappa shape index (κ2) is 4.33. The highest BCUT2D eigenvalue weighted by atomic mass is 32.2. The standard InChI is InChI=1S/C6H15N3O3S2/c1-5-8(2)7-6(13)9(5)3-4-14(10,11)12/h5-7,13H,3-4H2,1-2H3,(H,10,11,12)/p-1. The molecule has 0 bridgehead atoms. The van der Waals surface area contributed by atoms with Crippen molar-refractivity contribution in [2.45, 2.75) is 18.6 Å². The van der Waals surface area contributed by atoms with Crippen LogP contribution < -0.4 is 5.43 Å². The maximum absolute atomic E-state index is 10.5. The first-order chi connectivity index (χ1) is 6.31. The van der Waals surface area contributed by atoms with E-state index in [9.17, 15) is 8.42 Å². The van der Waals surface area contributed by atoms with Crippen LogP contribution in [0.25, 0.3) is 0 Å². The van der Waals surface area contributed by atoms with Crippen molar-refractivity contribution in [1.29, 1.82) is 0 Å². The number of rotatable bonds is 3. The lowest BCUT2D eigenvalue weighted by Crippen LogP contribution is -2.39. The fourth-order valence-corrected chi connectivity index (χ4v) is 2.19. The zero-order valence-electron chi connectivity index (χ0n) is 8.04. The normalized spacial score (nSPS) is 31.1. The van der Waals surface area contributed by atoms with E-state index in [1.807, 2.05) is 19.0 Å². The summed E-state index contributed by atoms with van der Waals surface area (Å²) in [4.78, 5) is 1.78. The van der Waals surface area contributed by atoms with Crippen molar-refractivity contribution in [3.05, 3.63) is 0 Å². The smallest absolute Gasteiger partial charge is 0.266 e. The van der Waals surface area contributed by atoms with Crippen molar-refractivity contribution in [3.8, 4) is 0 Å². The van der Waals surface area contributed by atoms with Crippen LogP contribution in [-0.4, -0.2) is 53.9 Å². The first kappa shape index (κ1) is 12.2. The molecule has 1 heterocycles. The van der Waals surface area contributed by atoms with Crippen LogP contribution in [0.2, 0.25) is 0 Å². The molecule has 1 aliphatic heterocycles. The molecule has 1 rings (SSSR count). The lowest BCUT2D eigenvalue weighted by Gasteiger charge is -2.30. The molecular weight excluding hydrogens is 226 g/mol. The molecule has 1 aliphatic rings. The Morgan fingerprint density at radius 2 is 2.14 bits per heavy atom. The summed E-state index contributed by atoms with van der Waals surface area (Å²) in [7, 11) is -2.08. The van der Waals surface area contributed by atoms with Crippen molar-refractivity contribution in [2.24, 2.45) is 0 Å². The minimum absolute atomic E-state index is 0.0271. The van der Waals surface area contributed by atoms with Gasteiger partial charge in [-0.3, -0.25) is 14.9 Å². The molecule has 0 amide bonds. The molecule has 0 saturated carbocycles. The van der Waals surface area contributed by atoms with E-state index in [-0.39, 0.29) is 24.0 Å². The molecule has 0 aromatic rings. The fraction of sp³-hybridized carbons (Fsp3) is 1.00. The Morgan fingerprint density at radius 3 is 2.50 bits per heavy atom. The topological polar surface area (TPSA) is 72.9 Å². The Bertz CT molecular complexity index is 295. The minimum atomic E-state index is -3.91. The summed E-state index contributed by atoms with van der Waals surface area (Å²) in [5.74, 6) is -0.292. The summed E-state index contributed by atoms with van der Waals surface area (Å²) in [5, 5.41) is 1.81. The highest BCUT2D eigenvalue weighted by Gasteiger charge is 2.27. The van der Waals surface area contributed by atoms with Gasteiger partial charge in [0.05, 0.1) is 11.9 Å². The van der Waals surface area contributed by atoms with Crippen molar-refractivity contribution < 1.29 is 13.0 Å². The van der Waals surface area contributed by atoms with E-state index in [2.05, 4.69) is 5.43 Å². The summed E-state index contributed by atoms with van der Waals surface area (Å²) >= 11 is 5.06. The van der Waals surface area contributed by atoms with Crippen LogP contribution >= 0.6 is 0 Å². The molecule has 0 aromatic carbocycles. The zero-order valence-corrected chi connectivity index (χ0v) is 9.68. The van der Waals surface area contributed by atoms with E-state index < -0.39 is 10.1 Å². The van der Waals surface area contributed by atoms with Gasteiger partial charge >= 0.3 is 0 Å². The van der Waals surface area contributed by atoms with Crippen LogP contribution in [0.3, 0.4) is 0 Å². The first-order valence-corrected chi connectivity index (χ1v) is 6.25. The second-order valence-corrected chi connectivity index (χ2v) is 5.27. The average molecular weight is 240 g/mol. The molecule has 2 N–H and O–H groups in total. The molecule has 0 aliphatic carbocycles. The van der Waals surface area contributed by atoms with Gasteiger partial charge < -0.3 is 12.6 Å². The molecule has 14 heavy (non-hydrogen) atoms. The third-order valence-corrected chi connectivity index (χ3v) is 3.34. The van der Waals surface area contributed by atoms with E-state index in [1.54, 1.807) is 4.90 Å². The zero-order chi connectivity index (χ0) is 10.9. The van der Waals surface area contributed by atoms with E-state index >= 15 is 0 Å². The summed E-state index contributed by atoms with van der Waals surface area (Å²) < 4.78 is 29.7. The van der Waals surface area contributed by atoms with Gasteiger partial charge in [-0.05, 0) is 12.4 Å². The minimum Gasteiger partial charge on any atom is -0.757 e. The van der Waals surface area contributed by atoms with E-state index in [4.69, 9.17) is 17.2 Å². The molecule has 0 radical (unpaired) electrons. The van der Waals surface area contributed by atoms with Crippen LogP contribution in [0.1, 0.15) is 6.92 Å². The van der Waals surface area contributed by atoms with Gasteiger partial charge in [-0.1, -0.05) is 0 Å². The van der Waals surface area contributed by atoms with Gasteiger partial charge in [-0.2, -0.15) is 8.42 Å². The van der Waals surface area contributed by atoms with Gasteiger partial charge in [0, 0.05) is 13.6 Å².